The fourth-order valence-corrected chi connectivity index (χ4v) is 2.41. The van der Waals surface area contributed by atoms with Gasteiger partial charge < -0.3 is 10.4 Å². The van der Waals surface area contributed by atoms with Crippen LogP contribution in [0.15, 0.2) is 0 Å². The fourth-order valence-electron chi connectivity index (χ4n) is 1.33. The van der Waals surface area contributed by atoms with Crippen molar-refractivity contribution in [1.82, 2.24) is 10.0 Å². The minimum absolute atomic E-state index is 0.0496. The van der Waals surface area contributed by atoms with E-state index in [1.165, 1.54) is 0 Å². The molecule has 0 saturated heterocycles. The predicted octanol–water partition coefficient (Wildman–Crippen LogP) is -0.561. The first-order valence-corrected chi connectivity index (χ1v) is 7.53. The summed E-state index contributed by atoms with van der Waals surface area (Å²) >= 11 is 0. The van der Waals surface area contributed by atoms with Crippen LogP contribution in [0.4, 0.5) is 0 Å². The lowest BCUT2D eigenvalue weighted by Crippen LogP contribution is -2.32. The van der Waals surface area contributed by atoms with E-state index in [4.69, 9.17) is 5.11 Å². The minimum atomic E-state index is -3.48. The van der Waals surface area contributed by atoms with Crippen molar-refractivity contribution in [3.63, 3.8) is 0 Å². The van der Waals surface area contributed by atoms with Gasteiger partial charge in [-0.15, -0.1) is 0 Å². The minimum Gasteiger partial charge on any atom is -0.481 e. The largest absolute Gasteiger partial charge is 0.481 e. The number of carbonyl (C=O) groups is 2. The number of carbonyl (C=O) groups excluding carboxylic acids is 1. The Labute approximate surface area is 106 Å². The summed E-state index contributed by atoms with van der Waals surface area (Å²) in [6.07, 6.45) is 1.98. The highest BCUT2D eigenvalue weighted by Crippen LogP contribution is 2.18. The molecule has 1 aliphatic carbocycles. The lowest BCUT2D eigenvalue weighted by atomic mass is 10.3. The van der Waals surface area contributed by atoms with Crippen LogP contribution in [0, 0.1) is 0 Å². The Kier molecular flexibility index (Phi) is 5.54. The lowest BCUT2D eigenvalue weighted by molar-refractivity contribution is -0.137. The van der Waals surface area contributed by atoms with Gasteiger partial charge in [-0.2, -0.15) is 0 Å². The molecule has 7 nitrogen and oxygen atoms in total. The van der Waals surface area contributed by atoms with Crippen molar-refractivity contribution in [2.24, 2.45) is 0 Å². The number of aliphatic carboxylic acids is 1. The zero-order valence-corrected chi connectivity index (χ0v) is 10.8. The maximum atomic E-state index is 11.4. The van der Waals surface area contributed by atoms with Crippen LogP contribution < -0.4 is 10.0 Å². The highest BCUT2D eigenvalue weighted by molar-refractivity contribution is 7.89. The maximum absolute atomic E-state index is 11.4. The molecule has 1 aliphatic rings. The second-order valence-electron chi connectivity index (χ2n) is 4.30. The number of rotatable bonds is 9. The second kappa shape index (κ2) is 6.69. The Morgan fingerprint density at radius 3 is 2.44 bits per heavy atom. The Bertz CT molecular complexity index is 402. The van der Waals surface area contributed by atoms with Crippen LogP contribution in [-0.2, 0) is 19.6 Å². The zero-order chi connectivity index (χ0) is 13.6. The molecule has 3 N–H and O–H groups in total. The van der Waals surface area contributed by atoms with E-state index in [2.05, 4.69) is 10.0 Å². The number of sulfonamides is 1. The van der Waals surface area contributed by atoms with E-state index in [1.807, 2.05) is 0 Å². The zero-order valence-electron chi connectivity index (χ0n) is 10.0. The van der Waals surface area contributed by atoms with Gasteiger partial charge in [-0.3, -0.25) is 9.59 Å². The van der Waals surface area contributed by atoms with Crippen molar-refractivity contribution in [2.45, 2.75) is 38.1 Å². The molecule has 0 aromatic heterocycles. The van der Waals surface area contributed by atoms with E-state index in [-0.39, 0.29) is 43.5 Å². The number of nitrogens with one attached hydrogen (secondary N) is 2. The van der Waals surface area contributed by atoms with Crippen molar-refractivity contribution in [1.29, 1.82) is 0 Å². The Hall–Kier alpha value is -1.15. The smallest absolute Gasteiger partial charge is 0.303 e. The number of hydrogen-bond donors (Lipinski definition) is 3. The topological polar surface area (TPSA) is 113 Å². The Morgan fingerprint density at radius 2 is 1.89 bits per heavy atom. The van der Waals surface area contributed by atoms with Crippen molar-refractivity contribution < 1.29 is 23.1 Å². The van der Waals surface area contributed by atoms with Crippen LogP contribution >= 0.6 is 0 Å². The third-order valence-electron chi connectivity index (χ3n) is 2.42. The molecular weight excluding hydrogens is 260 g/mol. The quantitative estimate of drug-likeness (QED) is 0.523. The van der Waals surface area contributed by atoms with Gasteiger partial charge in [-0.05, 0) is 19.3 Å². The van der Waals surface area contributed by atoms with Gasteiger partial charge in [0, 0.05) is 25.4 Å². The van der Waals surface area contributed by atoms with E-state index in [9.17, 15) is 18.0 Å². The third-order valence-corrected chi connectivity index (χ3v) is 3.89. The van der Waals surface area contributed by atoms with Crippen molar-refractivity contribution in [3.8, 4) is 0 Å². The van der Waals surface area contributed by atoms with Crippen LogP contribution in [0.3, 0.4) is 0 Å². The lowest BCUT2D eigenvalue weighted by Gasteiger charge is -2.06. The number of amides is 1. The standard InChI is InChI=1S/C10H18N2O5S/c13-9(12-8-3-4-8)5-6-11-18(16,17)7-1-2-10(14)15/h8,11H,1-7H2,(H,12,13)(H,14,15). The summed E-state index contributed by atoms with van der Waals surface area (Å²) in [4.78, 5) is 21.5. The predicted molar refractivity (Wildman–Crippen MR) is 64.4 cm³/mol. The van der Waals surface area contributed by atoms with Gasteiger partial charge in [0.25, 0.3) is 0 Å². The third kappa shape index (κ3) is 7.23. The molecule has 0 atom stereocenters. The normalized spacial score (nSPS) is 15.3. The van der Waals surface area contributed by atoms with E-state index in [1.54, 1.807) is 0 Å². The summed E-state index contributed by atoms with van der Waals surface area (Å²) in [5, 5.41) is 11.1. The van der Waals surface area contributed by atoms with E-state index < -0.39 is 16.0 Å². The average Bonchev–Trinajstić information content (AvgIpc) is 3.00. The molecule has 8 heteroatoms. The van der Waals surface area contributed by atoms with E-state index in [0.717, 1.165) is 12.8 Å². The summed E-state index contributed by atoms with van der Waals surface area (Å²) in [7, 11) is -3.48. The van der Waals surface area contributed by atoms with Gasteiger partial charge in [0.15, 0.2) is 0 Å². The average molecular weight is 278 g/mol. The van der Waals surface area contributed by atoms with Crippen LogP contribution in [0.2, 0.25) is 0 Å². The SMILES string of the molecule is O=C(O)CCCS(=O)(=O)NCCC(=O)NC1CC1. The molecule has 1 rings (SSSR count). The molecule has 0 bridgehead atoms. The Morgan fingerprint density at radius 1 is 1.22 bits per heavy atom. The van der Waals surface area contributed by atoms with Crippen molar-refractivity contribution >= 4 is 21.9 Å². The number of hydrogen-bond acceptors (Lipinski definition) is 4. The first-order chi connectivity index (χ1) is 8.39. The van der Waals surface area contributed by atoms with Crippen molar-refractivity contribution in [3.05, 3.63) is 0 Å². The molecule has 0 aliphatic heterocycles. The molecule has 1 amide bonds. The molecule has 104 valence electrons. The first-order valence-electron chi connectivity index (χ1n) is 5.87. The fraction of sp³-hybridized carbons (Fsp3) is 0.800. The highest BCUT2D eigenvalue weighted by Gasteiger charge is 2.23. The number of carboxylic acids is 1. The molecule has 0 aromatic rings. The summed E-state index contributed by atoms with van der Waals surface area (Å²) in [6, 6.07) is 0.268. The van der Waals surface area contributed by atoms with Gasteiger partial charge in [-0.1, -0.05) is 0 Å². The summed E-state index contributed by atoms with van der Waals surface area (Å²) < 4.78 is 25.1. The highest BCUT2D eigenvalue weighted by atomic mass is 32.2. The van der Waals surface area contributed by atoms with Gasteiger partial charge in [0.2, 0.25) is 15.9 Å². The van der Waals surface area contributed by atoms with Crippen LogP contribution in [0.25, 0.3) is 0 Å². The number of carboxylic acid groups (broad SMARTS) is 1. The molecule has 18 heavy (non-hydrogen) atoms. The maximum Gasteiger partial charge on any atom is 0.303 e. The van der Waals surface area contributed by atoms with Crippen LogP contribution in [0.5, 0.6) is 0 Å². The van der Waals surface area contributed by atoms with Gasteiger partial charge in [0.1, 0.15) is 0 Å². The molecule has 1 fully saturated rings. The molecule has 1 saturated carbocycles. The van der Waals surface area contributed by atoms with Gasteiger partial charge in [0.05, 0.1) is 5.75 Å². The molecule has 0 unspecified atom stereocenters. The molecular formula is C10H18N2O5S. The van der Waals surface area contributed by atoms with Gasteiger partial charge >= 0.3 is 5.97 Å². The summed E-state index contributed by atoms with van der Waals surface area (Å²) in [5.74, 6) is -1.41. The first kappa shape index (κ1) is 14.9. The molecule has 0 radical (unpaired) electrons. The van der Waals surface area contributed by atoms with Gasteiger partial charge in [-0.25, -0.2) is 13.1 Å². The molecule has 0 aromatic carbocycles. The Balaban J connectivity index is 2.11. The van der Waals surface area contributed by atoms with Crippen LogP contribution in [-0.4, -0.2) is 43.7 Å². The van der Waals surface area contributed by atoms with E-state index in [0.29, 0.717) is 0 Å². The summed E-state index contributed by atoms with van der Waals surface area (Å²) in [6.45, 7) is 0.0496. The van der Waals surface area contributed by atoms with E-state index >= 15 is 0 Å². The monoisotopic (exact) mass is 278 g/mol. The van der Waals surface area contributed by atoms with Crippen LogP contribution in [0.1, 0.15) is 32.1 Å². The molecule has 0 spiro atoms. The summed E-state index contributed by atoms with van der Waals surface area (Å²) in [5.41, 5.74) is 0. The molecule has 0 heterocycles. The van der Waals surface area contributed by atoms with Crippen molar-refractivity contribution in [2.75, 3.05) is 12.3 Å². The second-order valence-corrected chi connectivity index (χ2v) is 6.23.